The van der Waals surface area contributed by atoms with Crippen LogP contribution >= 0.6 is 0 Å². The van der Waals surface area contributed by atoms with E-state index in [1.54, 1.807) is 18.3 Å². The number of para-hydroxylation sites is 2. The van der Waals surface area contributed by atoms with Gasteiger partial charge >= 0.3 is 5.97 Å². The summed E-state index contributed by atoms with van der Waals surface area (Å²) in [6, 6.07) is 22.0. The van der Waals surface area contributed by atoms with Gasteiger partial charge in [0, 0.05) is 37.4 Å². The van der Waals surface area contributed by atoms with Crippen LogP contribution in [0.15, 0.2) is 72.9 Å². The van der Waals surface area contributed by atoms with Crippen LogP contribution in [0.25, 0.3) is 0 Å². The fraction of sp³-hybridized carbons (Fsp3) is 0.357. The van der Waals surface area contributed by atoms with E-state index in [9.17, 15) is 4.79 Å². The Bertz CT molecular complexity index is 1090. The third-order valence-electron chi connectivity index (χ3n) is 6.05. The summed E-state index contributed by atoms with van der Waals surface area (Å²) in [6.07, 6.45) is 2.58. The number of carbonyl (C=O) groups excluding carboxylic acids is 1. The zero-order valence-electron chi connectivity index (χ0n) is 20.2. The molecule has 0 bridgehead atoms. The van der Waals surface area contributed by atoms with Crippen molar-refractivity contribution in [1.29, 1.82) is 0 Å². The molecule has 0 radical (unpaired) electrons. The highest BCUT2D eigenvalue weighted by Crippen LogP contribution is 2.29. The van der Waals surface area contributed by atoms with Crippen molar-refractivity contribution in [3.63, 3.8) is 0 Å². The topological polar surface area (TPSA) is 54.9 Å². The van der Waals surface area contributed by atoms with Crippen molar-refractivity contribution in [2.24, 2.45) is 0 Å². The Kier molecular flexibility index (Phi) is 7.80. The summed E-state index contributed by atoms with van der Waals surface area (Å²) in [5, 5.41) is 0. The molecule has 1 aromatic heterocycles. The normalized spacial score (nSPS) is 15.7. The van der Waals surface area contributed by atoms with Gasteiger partial charge in [0.25, 0.3) is 0 Å². The minimum atomic E-state index is -0.319. The van der Waals surface area contributed by atoms with Gasteiger partial charge in [-0.2, -0.15) is 0 Å². The molecule has 1 aliphatic rings. The van der Waals surface area contributed by atoms with Gasteiger partial charge in [0.1, 0.15) is 22.9 Å². The SMILES string of the molecule is CCN(Cc1ccccc1Oc1ccccc1)C1CCN(c2ncccc2C(=O)OC(C)C)C1. The smallest absolute Gasteiger partial charge is 0.342 e. The maximum atomic E-state index is 12.6. The number of carbonyl (C=O) groups is 1. The van der Waals surface area contributed by atoms with Crippen molar-refractivity contribution in [2.45, 2.75) is 45.9 Å². The van der Waals surface area contributed by atoms with Gasteiger partial charge in [0.05, 0.1) is 6.10 Å². The first kappa shape index (κ1) is 23.8. The number of aromatic nitrogens is 1. The second kappa shape index (κ2) is 11.2. The van der Waals surface area contributed by atoms with Crippen molar-refractivity contribution in [3.8, 4) is 11.5 Å². The van der Waals surface area contributed by atoms with E-state index in [0.29, 0.717) is 17.4 Å². The van der Waals surface area contributed by atoms with E-state index >= 15 is 0 Å². The maximum absolute atomic E-state index is 12.6. The Morgan fingerprint density at radius 3 is 2.62 bits per heavy atom. The van der Waals surface area contributed by atoms with Gasteiger partial charge in [-0.05, 0) is 57.1 Å². The van der Waals surface area contributed by atoms with E-state index < -0.39 is 0 Å². The average molecular weight is 460 g/mol. The highest BCUT2D eigenvalue weighted by atomic mass is 16.5. The van der Waals surface area contributed by atoms with Gasteiger partial charge in [-0.3, -0.25) is 4.90 Å². The standard InChI is InChI=1S/C28H33N3O3/c1-4-30(19-22-11-8-9-15-26(22)34-24-12-6-5-7-13-24)23-16-18-31(20-23)27-25(14-10-17-29-27)28(32)33-21(2)3/h5-15,17,21,23H,4,16,18-20H2,1-3H3. The maximum Gasteiger partial charge on any atom is 0.342 e. The number of pyridine rings is 1. The molecular formula is C28H33N3O3. The van der Waals surface area contributed by atoms with Crippen molar-refractivity contribution >= 4 is 11.8 Å². The Hall–Kier alpha value is -3.38. The lowest BCUT2D eigenvalue weighted by Crippen LogP contribution is -2.37. The van der Waals surface area contributed by atoms with Crippen LogP contribution in [-0.2, 0) is 11.3 Å². The van der Waals surface area contributed by atoms with Crippen LogP contribution in [0.5, 0.6) is 11.5 Å². The lowest BCUT2D eigenvalue weighted by Gasteiger charge is -2.29. The van der Waals surface area contributed by atoms with Gasteiger partial charge in [-0.1, -0.05) is 43.3 Å². The summed E-state index contributed by atoms with van der Waals surface area (Å²) in [5.41, 5.74) is 1.69. The zero-order valence-corrected chi connectivity index (χ0v) is 20.2. The van der Waals surface area contributed by atoms with E-state index in [4.69, 9.17) is 9.47 Å². The lowest BCUT2D eigenvalue weighted by atomic mass is 10.1. The molecule has 178 valence electrons. The predicted octanol–water partition coefficient (Wildman–Crippen LogP) is 5.54. The van der Waals surface area contributed by atoms with Gasteiger partial charge < -0.3 is 14.4 Å². The number of hydrogen-bond acceptors (Lipinski definition) is 6. The van der Waals surface area contributed by atoms with Crippen molar-refractivity contribution in [1.82, 2.24) is 9.88 Å². The molecule has 0 spiro atoms. The molecule has 6 heteroatoms. The average Bonchev–Trinajstić information content (AvgIpc) is 3.34. The van der Waals surface area contributed by atoms with Crippen molar-refractivity contribution < 1.29 is 14.3 Å². The molecular weight excluding hydrogens is 426 g/mol. The number of nitrogens with zero attached hydrogens (tertiary/aromatic N) is 3. The molecule has 0 aliphatic carbocycles. The first-order chi connectivity index (χ1) is 16.5. The van der Waals surface area contributed by atoms with E-state index in [2.05, 4.69) is 33.8 Å². The minimum absolute atomic E-state index is 0.166. The first-order valence-electron chi connectivity index (χ1n) is 12.0. The summed E-state index contributed by atoms with van der Waals surface area (Å²) >= 11 is 0. The number of likely N-dealkylation sites (N-methyl/N-ethyl adjacent to an activating group) is 1. The summed E-state index contributed by atoms with van der Waals surface area (Å²) in [4.78, 5) is 21.8. The third kappa shape index (κ3) is 5.75. The van der Waals surface area contributed by atoms with E-state index in [1.165, 1.54) is 0 Å². The monoisotopic (exact) mass is 459 g/mol. The van der Waals surface area contributed by atoms with E-state index in [1.807, 2.05) is 56.3 Å². The lowest BCUT2D eigenvalue weighted by molar-refractivity contribution is 0.0378. The molecule has 34 heavy (non-hydrogen) atoms. The number of hydrogen-bond donors (Lipinski definition) is 0. The van der Waals surface area contributed by atoms with Crippen LogP contribution in [0.4, 0.5) is 5.82 Å². The van der Waals surface area contributed by atoms with Crippen LogP contribution in [-0.4, -0.2) is 47.6 Å². The number of benzene rings is 2. The highest BCUT2D eigenvalue weighted by molar-refractivity contribution is 5.94. The molecule has 1 atom stereocenters. The summed E-state index contributed by atoms with van der Waals surface area (Å²) in [5.74, 6) is 2.10. The Labute approximate surface area is 202 Å². The number of ether oxygens (including phenoxy) is 2. The summed E-state index contributed by atoms with van der Waals surface area (Å²) < 4.78 is 11.6. The second-order valence-electron chi connectivity index (χ2n) is 8.80. The molecule has 6 nitrogen and oxygen atoms in total. The molecule has 4 rings (SSSR count). The van der Waals surface area contributed by atoms with Gasteiger partial charge in [0.15, 0.2) is 0 Å². The number of anilines is 1. The third-order valence-corrected chi connectivity index (χ3v) is 6.05. The Morgan fingerprint density at radius 2 is 1.85 bits per heavy atom. The minimum Gasteiger partial charge on any atom is -0.459 e. The Balaban J connectivity index is 1.47. The largest absolute Gasteiger partial charge is 0.459 e. The Morgan fingerprint density at radius 1 is 1.09 bits per heavy atom. The van der Waals surface area contributed by atoms with Gasteiger partial charge in [-0.25, -0.2) is 9.78 Å². The highest BCUT2D eigenvalue weighted by Gasteiger charge is 2.30. The first-order valence-corrected chi connectivity index (χ1v) is 12.0. The summed E-state index contributed by atoms with van der Waals surface area (Å²) in [7, 11) is 0. The molecule has 3 aromatic rings. The summed E-state index contributed by atoms with van der Waals surface area (Å²) in [6.45, 7) is 9.29. The van der Waals surface area contributed by atoms with Crippen molar-refractivity contribution in [2.75, 3.05) is 24.5 Å². The van der Waals surface area contributed by atoms with Crippen LogP contribution in [0, 0.1) is 0 Å². The quantitative estimate of drug-likeness (QED) is 0.392. The fourth-order valence-electron chi connectivity index (χ4n) is 4.39. The molecule has 0 amide bonds. The predicted molar refractivity (Wildman–Crippen MR) is 134 cm³/mol. The van der Waals surface area contributed by atoms with Crippen molar-refractivity contribution in [3.05, 3.63) is 84.1 Å². The van der Waals surface area contributed by atoms with Crippen LogP contribution in [0.2, 0.25) is 0 Å². The second-order valence-corrected chi connectivity index (χ2v) is 8.80. The molecule has 1 fully saturated rings. The molecule has 0 N–H and O–H groups in total. The number of esters is 1. The van der Waals surface area contributed by atoms with Gasteiger partial charge in [-0.15, -0.1) is 0 Å². The fourth-order valence-corrected chi connectivity index (χ4v) is 4.39. The van der Waals surface area contributed by atoms with Crippen LogP contribution < -0.4 is 9.64 Å². The molecule has 1 unspecified atom stereocenters. The van der Waals surface area contributed by atoms with E-state index in [0.717, 1.165) is 49.7 Å². The molecule has 0 saturated carbocycles. The van der Waals surface area contributed by atoms with E-state index in [-0.39, 0.29) is 12.1 Å². The van der Waals surface area contributed by atoms with Gasteiger partial charge in [0.2, 0.25) is 0 Å². The molecule has 2 aromatic carbocycles. The van der Waals surface area contributed by atoms with Crippen LogP contribution in [0.3, 0.4) is 0 Å². The molecule has 1 saturated heterocycles. The number of rotatable bonds is 9. The van der Waals surface area contributed by atoms with Crippen LogP contribution in [0.1, 0.15) is 43.1 Å². The molecule has 1 aliphatic heterocycles. The zero-order chi connectivity index (χ0) is 23.9. The molecule has 2 heterocycles.